The van der Waals surface area contributed by atoms with E-state index >= 15 is 0 Å². The molecule has 5 nitrogen and oxygen atoms in total. The van der Waals surface area contributed by atoms with Gasteiger partial charge in [-0.2, -0.15) is 11.8 Å². The first kappa shape index (κ1) is 22.5. The van der Waals surface area contributed by atoms with Gasteiger partial charge < -0.3 is 19.7 Å². The summed E-state index contributed by atoms with van der Waals surface area (Å²) in [6.45, 7) is 8.44. The lowest BCUT2D eigenvalue weighted by Crippen LogP contribution is -2.48. The zero-order valence-electron chi connectivity index (χ0n) is 16.0. The summed E-state index contributed by atoms with van der Waals surface area (Å²) in [4.78, 5) is 7.14. The molecule has 27 heavy (non-hydrogen) atoms. The van der Waals surface area contributed by atoms with Crippen molar-refractivity contribution in [1.82, 2.24) is 10.2 Å². The quantitative estimate of drug-likeness (QED) is 0.373. The Morgan fingerprint density at radius 3 is 3.04 bits per heavy atom. The minimum atomic E-state index is -0.248. The molecule has 0 aromatic heterocycles. The number of halogens is 2. The number of fused-ring (bicyclic) bond motifs is 1. The average Bonchev–Trinajstić information content (AvgIpc) is 2.67. The topological polar surface area (TPSA) is 46.1 Å². The first-order chi connectivity index (χ1) is 12.7. The monoisotopic (exact) mass is 509 g/mol. The second-order valence-corrected chi connectivity index (χ2v) is 7.90. The number of nitrogens with one attached hydrogen (secondary N) is 1. The van der Waals surface area contributed by atoms with Crippen LogP contribution in [0.15, 0.2) is 17.1 Å². The fraction of sp³-hybridized carbons (Fsp3) is 0.632. The molecule has 0 bridgehead atoms. The number of hydrogen-bond donors (Lipinski definition) is 1. The third kappa shape index (κ3) is 6.12. The summed E-state index contributed by atoms with van der Waals surface area (Å²) >= 11 is 2.05. The third-order valence-electron chi connectivity index (χ3n) is 4.62. The highest BCUT2D eigenvalue weighted by molar-refractivity contribution is 14.0. The summed E-state index contributed by atoms with van der Waals surface area (Å²) in [7, 11) is 0. The lowest BCUT2D eigenvalue weighted by molar-refractivity contribution is -0.0172. The van der Waals surface area contributed by atoms with Crippen molar-refractivity contribution >= 4 is 41.7 Å². The molecule has 152 valence electrons. The second-order valence-electron chi connectivity index (χ2n) is 6.50. The van der Waals surface area contributed by atoms with Crippen molar-refractivity contribution in [2.24, 2.45) is 4.99 Å². The molecule has 1 saturated heterocycles. The van der Waals surface area contributed by atoms with Gasteiger partial charge in [-0.05, 0) is 37.5 Å². The Balaban J connectivity index is 0.00000261. The molecular weight excluding hydrogens is 480 g/mol. The molecule has 1 N–H and O–H groups in total. The van der Waals surface area contributed by atoms with E-state index in [-0.39, 0.29) is 36.6 Å². The van der Waals surface area contributed by atoms with Crippen LogP contribution in [0.5, 0.6) is 5.75 Å². The van der Waals surface area contributed by atoms with Gasteiger partial charge in [-0.1, -0.05) is 6.92 Å². The predicted octanol–water partition coefficient (Wildman–Crippen LogP) is 3.65. The zero-order chi connectivity index (χ0) is 18.4. The van der Waals surface area contributed by atoms with Crippen molar-refractivity contribution in [3.8, 4) is 5.75 Å². The van der Waals surface area contributed by atoms with Gasteiger partial charge in [0.1, 0.15) is 11.6 Å². The Kier molecular flexibility index (Phi) is 9.44. The van der Waals surface area contributed by atoms with Crippen LogP contribution < -0.4 is 10.1 Å². The van der Waals surface area contributed by atoms with Gasteiger partial charge in [-0.25, -0.2) is 4.39 Å². The van der Waals surface area contributed by atoms with Gasteiger partial charge in [0.25, 0.3) is 0 Å². The van der Waals surface area contributed by atoms with E-state index in [2.05, 4.69) is 24.1 Å². The minimum absolute atomic E-state index is 0. The molecule has 0 aliphatic carbocycles. The Morgan fingerprint density at radius 1 is 1.41 bits per heavy atom. The molecule has 1 aromatic carbocycles. The fourth-order valence-electron chi connectivity index (χ4n) is 3.31. The maximum atomic E-state index is 13.9. The van der Waals surface area contributed by atoms with Crippen LogP contribution in [0.3, 0.4) is 0 Å². The number of nitrogens with zero attached hydrogens (tertiary/aromatic N) is 2. The molecule has 1 unspecified atom stereocenters. The number of ether oxygens (including phenoxy) is 2. The standard InChI is InChI=1S/C19H28FN3O2S.HI/c1-3-17-11-23(7-8-26-17)19(21-4-2)22-6-5-14-9-16(20)10-15-12-24-13-25-18(14)15;/h9-10,17H,3-8,11-13H2,1-2H3,(H,21,22);1H. The van der Waals surface area contributed by atoms with Crippen LogP contribution in [-0.2, 0) is 17.8 Å². The SMILES string of the molecule is CCNC(=NCCc1cc(F)cc2c1OCOC2)N1CCSC(CC)C1.I. The molecule has 8 heteroatoms. The molecule has 0 radical (unpaired) electrons. The number of aliphatic imine (C=N–C) groups is 1. The zero-order valence-corrected chi connectivity index (χ0v) is 19.1. The first-order valence-electron chi connectivity index (χ1n) is 9.38. The van der Waals surface area contributed by atoms with Crippen molar-refractivity contribution in [2.75, 3.05) is 38.7 Å². The number of hydrogen-bond acceptors (Lipinski definition) is 4. The Morgan fingerprint density at radius 2 is 2.26 bits per heavy atom. The summed E-state index contributed by atoms with van der Waals surface area (Å²) < 4.78 is 24.7. The Bertz CT molecular complexity index is 648. The summed E-state index contributed by atoms with van der Waals surface area (Å²) in [6, 6.07) is 3.04. The highest BCUT2D eigenvalue weighted by atomic mass is 127. The minimum Gasteiger partial charge on any atom is -0.467 e. The number of thioether (sulfide) groups is 1. The van der Waals surface area contributed by atoms with Crippen molar-refractivity contribution in [1.29, 1.82) is 0 Å². The highest BCUT2D eigenvalue weighted by Crippen LogP contribution is 2.29. The maximum absolute atomic E-state index is 13.9. The van der Waals surface area contributed by atoms with Crippen molar-refractivity contribution in [3.63, 3.8) is 0 Å². The van der Waals surface area contributed by atoms with Crippen LogP contribution in [0.1, 0.15) is 31.4 Å². The summed E-state index contributed by atoms with van der Waals surface area (Å²) in [5.74, 6) is 2.61. The predicted molar refractivity (Wildman–Crippen MR) is 120 cm³/mol. The van der Waals surface area contributed by atoms with E-state index in [9.17, 15) is 4.39 Å². The van der Waals surface area contributed by atoms with Gasteiger partial charge in [0.15, 0.2) is 12.8 Å². The van der Waals surface area contributed by atoms with Crippen molar-refractivity contribution in [2.45, 2.75) is 38.5 Å². The molecule has 2 aliphatic heterocycles. The highest BCUT2D eigenvalue weighted by Gasteiger charge is 2.21. The van der Waals surface area contributed by atoms with Gasteiger partial charge in [0.2, 0.25) is 0 Å². The second kappa shape index (κ2) is 11.3. The van der Waals surface area contributed by atoms with Crippen molar-refractivity contribution in [3.05, 3.63) is 29.1 Å². The van der Waals surface area contributed by atoms with E-state index in [0.717, 1.165) is 48.2 Å². The molecule has 0 saturated carbocycles. The smallest absolute Gasteiger partial charge is 0.193 e. The van der Waals surface area contributed by atoms with Crippen LogP contribution in [-0.4, -0.2) is 54.8 Å². The molecule has 3 rings (SSSR count). The largest absolute Gasteiger partial charge is 0.467 e. The molecular formula is C19H29FIN3O2S. The lowest BCUT2D eigenvalue weighted by Gasteiger charge is -2.34. The fourth-order valence-corrected chi connectivity index (χ4v) is 4.49. The van der Waals surface area contributed by atoms with Gasteiger partial charge in [0, 0.05) is 42.7 Å². The van der Waals surface area contributed by atoms with Gasteiger partial charge >= 0.3 is 0 Å². The first-order valence-corrected chi connectivity index (χ1v) is 10.4. The summed E-state index contributed by atoms with van der Waals surface area (Å²) in [6.07, 6.45) is 1.82. The van der Waals surface area contributed by atoms with Crippen LogP contribution in [0.25, 0.3) is 0 Å². The van der Waals surface area contributed by atoms with E-state index in [1.54, 1.807) is 6.07 Å². The van der Waals surface area contributed by atoms with Crippen LogP contribution in [0.4, 0.5) is 4.39 Å². The maximum Gasteiger partial charge on any atom is 0.193 e. The summed E-state index contributed by atoms with van der Waals surface area (Å²) in [5.41, 5.74) is 1.64. The molecule has 1 fully saturated rings. The molecule has 2 aliphatic rings. The van der Waals surface area contributed by atoms with E-state index in [0.29, 0.717) is 24.8 Å². The van der Waals surface area contributed by atoms with E-state index in [1.165, 1.54) is 12.5 Å². The van der Waals surface area contributed by atoms with Gasteiger partial charge in [0.05, 0.1) is 6.61 Å². The van der Waals surface area contributed by atoms with Crippen molar-refractivity contribution < 1.29 is 13.9 Å². The van der Waals surface area contributed by atoms with E-state index in [1.807, 2.05) is 11.8 Å². The lowest BCUT2D eigenvalue weighted by atomic mass is 10.1. The number of guanidine groups is 1. The van der Waals surface area contributed by atoms with Crippen LogP contribution in [0.2, 0.25) is 0 Å². The van der Waals surface area contributed by atoms with Gasteiger partial charge in [-0.15, -0.1) is 24.0 Å². The normalized spacial score (nSPS) is 19.7. The van der Waals surface area contributed by atoms with E-state index in [4.69, 9.17) is 14.5 Å². The molecule has 1 aromatic rings. The molecule has 0 spiro atoms. The van der Waals surface area contributed by atoms with Crippen LogP contribution in [0, 0.1) is 5.82 Å². The third-order valence-corrected chi connectivity index (χ3v) is 6.00. The Labute approximate surface area is 182 Å². The molecule has 2 heterocycles. The number of benzene rings is 1. The van der Waals surface area contributed by atoms with Crippen LogP contribution >= 0.6 is 35.7 Å². The molecule has 0 amide bonds. The number of rotatable bonds is 5. The molecule has 1 atom stereocenters. The summed E-state index contributed by atoms with van der Waals surface area (Å²) in [5, 5.41) is 4.06. The average molecular weight is 509 g/mol. The Hall–Kier alpha value is -0.740. The van der Waals surface area contributed by atoms with Gasteiger partial charge in [-0.3, -0.25) is 4.99 Å². The van der Waals surface area contributed by atoms with E-state index < -0.39 is 0 Å².